The molecule has 0 radical (unpaired) electrons. The Morgan fingerprint density at radius 3 is 2.96 bits per heavy atom. The standard InChI is InChI=1S/C19H25N3O3S2/c1-14-5-4-8-22(10-14)11-17-12-26-19(20-17)21-18(23)16-7-3-6-15(9-16)13-27(2,24)25/h3,6-7,9,12,14H,4-5,8,10-11,13H2,1-2H3,(H,20,21,23). The highest BCUT2D eigenvalue weighted by Gasteiger charge is 2.18. The molecular formula is C19H25N3O3S2. The molecule has 1 amide bonds. The summed E-state index contributed by atoms with van der Waals surface area (Å²) in [6.07, 6.45) is 3.69. The molecule has 2 heterocycles. The van der Waals surface area contributed by atoms with Crippen LogP contribution in [-0.2, 0) is 22.1 Å². The van der Waals surface area contributed by atoms with E-state index in [0.717, 1.165) is 31.2 Å². The summed E-state index contributed by atoms with van der Waals surface area (Å²) in [4.78, 5) is 19.4. The molecule has 6 nitrogen and oxygen atoms in total. The van der Waals surface area contributed by atoms with Crippen molar-refractivity contribution in [2.24, 2.45) is 5.92 Å². The highest BCUT2D eigenvalue weighted by Crippen LogP contribution is 2.21. The molecule has 3 rings (SSSR count). The molecule has 27 heavy (non-hydrogen) atoms. The van der Waals surface area contributed by atoms with Crippen LogP contribution in [0.15, 0.2) is 29.6 Å². The zero-order chi connectivity index (χ0) is 19.4. The lowest BCUT2D eigenvalue weighted by molar-refractivity contribution is 0.102. The van der Waals surface area contributed by atoms with Crippen LogP contribution in [0.1, 0.15) is 41.4 Å². The number of thiazole rings is 1. The molecule has 1 saturated heterocycles. The van der Waals surface area contributed by atoms with Crippen molar-refractivity contribution >= 4 is 32.2 Å². The number of nitrogens with one attached hydrogen (secondary N) is 1. The van der Waals surface area contributed by atoms with Crippen molar-refractivity contribution in [1.29, 1.82) is 0 Å². The Bertz CT molecular complexity index is 908. The first-order chi connectivity index (χ1) is 12.8. The predicted octanol–water partition coefficient (Wildman–Crippen LogP) is 3.17. The first kappa shape index (κ1) is 20.0. The molecule has 1 aliphatic rings. The smallest absolute Gasteiger partial charge is 0.257 e. The van der Waals surface area contributed by atoms with E-state index in [1.54, 1.807) is 24.3 Å². The van der Waals surface area contributed by atoms with Crippen molar-refractivity contribution in [3.63, 3.8) is 0 Å². The number of aromatic nitrogens is 1. The van der Waals surface area contributed by atoms with Crippen molar-refractivity contribution in [1.82, 2.24) is 9.88 Å². The number of rotatable bonds is 6. The molecule has 0 spiro atoms. The summed E-state index contributed by atoms with van der Waals surface area (Å²) < 4.78 is 22.9. The van der Waals surface area contributed by atoms with E-state index >= 15 is 0 Å². The summed E-state index contributed by atoms with van der Waals surface area (Å²) in [5.74, 6) is 0.359. The lowest BCUT2D eigenvalue weighted by Crippen LogP contribution is -2.33. The SMILES string of the molecule is CC1CCCN(Cc2csc(NC(=O)c3cccc(CS(C)(=O)=O)c3)n2)C1. The maximum absolute atomic E-state index is 12.5. The number of carbonyl (C=O) groups excluding carboxylic acids is 1. The summed E-state index contributed by atoms with van der Waals surface area (Å²) >= 11 is 1.41. The zero-order valence-corrected chi connectivity index (χ0v) is 17.3. The van der Waals surface area contributed by atoms with Gasteiger partial charge in [0.1, 0.15) is 0 Å². The molecule has 1 unspecified atom stereocenters. The summed E-state index contributed by atoms with van der Waals surface area (Å²) in [7, 11) is -3.14. The fraction of sp³-hybridized carbons (Fsp3) is 0.474. The highest BCUT2D eigenvalue weighted by atomic mass is 32.2. The average Bonchev–Trinajstić information content (AvgIpc) is 3.00. The second kappa shape index (κ2) is 8.50. The minimum absolute atomic E-state index is 0.0796. The third-order valence-electron chi connectivity index (χ3n) is 4.52. The van der Waals surface area contributed by atoms with Crippen molar-refractivity contribution in [3.8, 4) is 0 Å². The Morgan fingerprint density at radius 1 is 1.41 bits per heavy atom. The summed E-state index contributed by atoms with van der Waals surface area (Å²) in [5.41, 5.74) is 2.00. The molecule has 1 aromatic carbocycles. The van der Waals surface area contributed by atoms with E-state index in [4.69, 9.17) is 0 Å². The van der Waals surface area contributed by atoms with Crippen molar-refractivity contribution < 1.29 is 13.2 Å². The molecule has 0 bridgehead atoms. The average molecular weight is 408 g/mol. The third kappa shape index (κ3) is 6.12. The van der Waals surface area contributed by atoms with E-state index < -0.39 is 9.84 Å². The van der Waals surface area contributed by atoms with E-state index in [-0.39, 0.29) is 11.7 Å². The number of nitrogens with zero attached hydrogens (tertiary/aromatic N) is 2. The van der Waals surface area contributed by atoms with Gasteiger partial charge in [0.25, 0.3) is 5.91 Å². The van der Waals surface area contributed by atoms with E-state index in [1.807, 2.05) is 5.38 Å². The van der Waals surface area contributed by atoms with Crippen LogP contribution in [-0.4, -0.2) is 43.6 Å². The largest absolute Gasteiger partial charge is 0.298 e. The number of benzene rings is 1. The van der Waals surface area contributed by atoms with Gasteiger partial charge in [0, 0.05) is 30.3 Å². The highest BCUT2D eigenvalue weighted by molar-refractivity contribution is 7.89. The van der Waals surface area contributed by atoms with E-state index in [9.17, 15) is 13.2 Å². The number of sulfone groups is 1. The number of anilines is 1. The summed E-state index contributed by atoms with van der Waals surface area (Å²) in [6.45, 7) is 5.26. The number of hydrogen-bond donors (Lipinski definition) is 1. The van der Waals surface area contributed by atoms with E-state index in [0.29, 0.717) is 16.3 Å². The second-order valence-corrected chi connectivity index (χ2v) is 10.3. The minimum Gasteiger partial charge on any atom is -0.298 e. The monoisotopic (exact) mass is 407 g/mol. The molecule has 0 saturated carbocycles. The number of carbonyl (C=O) groups is 1. The molecule has 1 aliphatic heterocycles. The van der Waals surface area contributed by atoms with Gasteiger partial charge in [0.05, 0.1) is 11.4 Å². The summed E-state index contributed by atoms with van der Waals surface area (Å²) in [5, 5.41) is 5.36. The first-order valence-electron chi connectivity index (χ1n) is 9.03. The predicted molar refractivity (Wildman–Crippen MR) is 109 cm³/mol. The zero-order valence-electron chi connectivity index (χ0n) is 15.6. The quantitative estimate of drug-likeness (QED) is 0.796. The molecule has 0 aliphatic carbocycles. The lowest BCUT2D eigenvalue weighted by Gasteiger charge is -2.30. The number of hydrogen-bond acceptors (Lipinski definition) is 6. The van der Waals surface area contributed by atoms with Crippen LogP contribution < -0.4 is 5.32 Å². The molecule has 2 aromatic rings. The van der Waals surface area contributed by atoms with Gasteiger partial charge < -0.3 is 0 Å². The Balaban J connectivity index is 1.61. The van der Waals surface area contributed by atoms with Gasteiger partial charge in [-0.3, -0.25) is 15.0 Å². The lowest BCUT2D eigenvalue weighted by atomic mass is 10.0. The van der Waals surface area contributed by atoms with Crippen molar-refractivity contribution in [3.05, 3.63) is 46.5 Å². The van der Waals surface area contributed by atoms with Gasteiger partial charge in [-0.15, -0.1) is 11.3 Å². The van der Waals surface area contributed by atoms with E-state index in [1.165, 1.54) is 30.4 Å². The number of likely N-dealkylation sites (tertiary alicyclic amines) is 1. The normalized spacial score (nSPS) is 18.4. The molecular weight excluding hydrogens is 382 g/mol. The topological polar surface area (TPSA) is 79.4 Å². The van der Waals surface area contributed by atoms with Crippen molar-refractivity contribution in [2.75, 3.05) is 24.7 Å². The molecule has 1 atom stereocenters. The van der Waals surface area contributed by atoms with Gasteiger partial charge in [-0.05, 0) is 43.0 Å². The van der Waals surface area contributed by atoms with Crippen LogP contribution in [0.5, 0.6) is 0 Å². The molecule has 146 valence electrons. The third-order valence-corrected chi connectivity index (χ3v) is 6.18. The fourth-order valence-corrected chi connectivity index (χ4v) is 4.85. The van der Waals surface area contributed by atoms with Crippen LogP contribution in [0.4, 0.5) is 5.13 Å². The Hall–Kier alpha value is -1.77. The van der Waals surface area contributed by atoms with Gasteiger partial charge in [-0.1, -0.05) is 19.1 Å². The molecule has 1 aromatic heterocycles. The number of piperidine rings is 1. The molecule has 1 fully saturated rings. The Morgan fingerprint density at radius 2 is 2.22 bits per heavy atom. The van der Waals surface area contributed by atoms with Crippen LogP contribution in [0, 0.1) is 5.92 Å². The van der Waals surface area contributed by atoms with Crippen LogP contribution in [0.3, 0.4) is 0 Å². The van der Waals surface area contributed by atoms with Gasteiger partial charge >= 0.3 is 0 Å². The van der Waals surface area contributed by atoms with Gasteiger partial charge in [0.2, 0.25) is 0 Å². The maximum Gasteiger partial charge on any atom is 0.257 e. The van der Waals surface area contributed by atoms with Gasteiger partial charge in [-0.25, -0.2) is 13.4 Å². The van der Waals surface area contributed by atoms with Gasteiger partial charge in [-0.2, -0.15) is 0 Å². The number of amides is 1. The van der Waals surface area contributed by atoms with Gasteiger partial charge in [0.15, 0.2) is 15.0 Å². The minimum atomic E-state index is -3.14. The summed E-state index contributed by atoms with van der Waals surface area (Å²) in [6, 6.07) is 6.68. The Kier molecular flexibility index (Phi) is 6.29. The second-order valence-electron chi connectivity index (χ2n) is 7.35. The van der Waals surface area contributed by atoms with Crippen LogP contribution >= 0.6 is 11.3 Å². The van der Waals surface area contributed by atoms with E-state index in [2.05, 4.69) is 22.1 Å². The molecule has 8 heteroatoms. The maximum atomic E-state index is 12.5. The molecule has 1 N–H and O–H groups in total. The first-order valence-corrected chi connectivity index (χ1v) is 12.0. The van der Waals surface area contributed by atoms with Crippen LogP contribution in [0.25, 0.3) is 0 Å². The Labute approximate surface area is 164 Å². The van der Waals surface area contributed by atoms with Crippen LogP contribution in [0.2, 0.25) is 0 Å². The van der Waals surface area contributed by atoms with Crippen molar-refractivity contribution in [2.45, 2.75) is 32.1 Å². The fourth-order valence-electron chi connectivity index (χ4n) is 3.37.